The molecule has 0 aliphatic heterocycles. The number of ether oxygens (including phenoxy) is 1. The lowest BCUT2D eigenvalue weighted by Crippen LogP contribution is -2.32. The molecule has 1 amide bonds. The predicted octanol–water partition coefficient (Wildman–Crippen LogP) is 4.13. The van der Waals surface area contributed by atoms with Crippen LogP contribution in [-0.4, -0.2) is 33.7 Å². The molecule has 1 aliphatic carbocycles. The van der Waals surface area contributed by atoms with E-state index in [4.69, 9.17) is 4.74 Å². The molecule has 0 radical (unpaired) electrons. The molecule has 7 heteroatoms. The number of benzene rings is 3. The van der Waals surface area contributed by atoms with Gasteiger partial charge in [-0.05, 0) is 66.1 Å². The van der Waals surface area contributed by atoms with Gasteiger partial charge in [0.2, 0.25) is 10.0 Å². The average Bonchev–Trinajstić information content (AvgIpc) is 3.18. The molecule has 0 unspecified atom stereocenters. The third kappa shape index (κ3) is 4.23. The fourth-order valence-electron chi connectivity index (χ4n) is 3.98. The number of hydrogen-bond acceptors (Lipinski definition) is 4. The smallest absolute Gasteiger partial charge is 0.265 e. The van der Waals surface area contributed by atoms with E-state index in [9.17, 15) is 13.2 Å². The second-order valence-corrected chi connectivity index (χ2v) is 9.85. The fourth-order valence-corrected chi connectivity index (χ4v) is 4.49. The van der Waals surface area contributed by atoms with Gasteiger partial charge in [0.05, 0.1) is 11.9 Å². The van der Waals surface area contributed by atoms with Crippen LogP contribution in [0.1, 0.15) is 24.5 Å². The van der Waals surface area contributed by atoms with E-state index >= 15 is 0 Å². The lowest BCUT2D eigenvalue weighted by atomic mass is 10.0. The molecule has 0 fully saturated rings. The molecule has 1 atom stereocenters. The third-order valence-electron chi connectivity index (χ3n) is 5.77. The first-order chi connectivity index (χ1) is 14.8. The molecule has 6 nitrogen and oxygen atoms in total. The van der Waals surface area contributed by atoms with Crippen molar-refractivity contribution in [1.82, 2.24) is 0 Å². The molecule has 4 rings (SSSR count). The second kappa shape index (κ2) is 8.23. The van der Waals surface area contributed by atoms with Crippen LogP contribution in [0.3, 0.4) is 0 Å². The number of rotatable bonds is 7. The molecule has 1 aliphatic rings. The summed E-state index contributed by atoms with van der Waals surface area (Å²) in [6, 6.07) is 16.9. The van der Waals surface area contributed by atoms with Gasteiger partial charge in [-0.3, -0.25) is 9.10 Å². The van der Waals surface area contributed by atoms with Crippen molar-refractivity contribution < 1.29 is 17.9 Å². The maximum absolute atomic E-state index is 13.0. The van der Waals surface area contributed by atoms with Gasteiger partial charge in [0.15, 0.2) is 6.10 Å². The largest absolute Gasteiger partial charge is 0.481 e. The monoisotopic (exact) mass is 438 g/mol. The van der Waals surface area contributed by atoms with E-state index in [1.165, 1.54) is 27.9 Å². The van der Waals surface area contributed by atoms with E-state index in [2.05, 4.69) is 17.4 Å². The van der Waals surface area contributed by atoms with Crippen molar-refractivity contribution in [3.63, 3.8) is 0 Å². The topological polar surface area (TPSA) is 75.7 Å². The summed E-state index contributed by atoms with van der Waals surface area (Å²) in [6.45, 7) is 1.89. The Kier molecular flexibility index (Phi) is 5.62. The zero-order valence-electron chi connectivity index (χ0n) is 17.9. The summed E-state index contributed by atoms with van der Waals surface area (Å²) in [5, 5.41) is 5.35. The minimum Gasteiger partial charge on any atom is -0.481 e. The van der Waals surface area contributed by atoms with Gasteiger partial charge in [-0.2, -0.15) is 0 Å². The van der Waals surface area contributed by atoms with Crippen LogP contribution in [0.2, 0.25) is 0 Å². The molecule has 0 aromatic heterocycles. The van der Waals surface area contributed by atoms with E-state index in [0.29, 0.717) is 17.9 Å². The van der Waals surface area contributed by atoms with Gasteiger partial charge in [0, 0.05) is 18.1 Å². The van der Waals surface area contributed by atoms with E-state index in [0.717, 1.165) is 30.2 Å². The Balaban J connectivity index is 1.50. The van der Waals surface area contributed by atoms with E-state index < -0.39 is 16.1 Å². The fraction of sp³-hybridized carbons (Fsp3) is 0.292. The minimum absolute atomic E-state index is 0.210. The van der Waals surface area contributed by atoms with Crippen LogP contribution < -0.4 is 14.4 Å². The zero-order chi connectivity index (χ0) is 22.2. The van der Waals surface area contributed by atoms with Crippen molar-refractivity contribution in [3.8, 4) is 5.75 Å². The number of aryl methyl sites for hydroxylation is 2. The quantitative estimate of drug-likeness (QED) is 0.602. The Hall–Kier alpha value is -3.06. The Labute approximate surface area is 182 Å². The normalized spacial score (nSPS) is 13.8. The summed E-state index contributed by atoms with van der Waals surface area (Å²) >= 11 is 0. The highest BCUT2D eigenvalue weighted by Gasteiger charge is 2.22. The van der Waals surface area contributed by atoms with Crippen LogP contribution in [0.15, 0.2) is 54.6 Å². The SMILES string of the molecule is CC[C@@H](Oc1ccc(N(C)S(C)(=O)=O)cc1)C(=O)Nc1ccc2c3c(cccc13)CC2. The highest BCUT2D eigenvalue weighted by molar-refractivity contribution is 7.92. The summed E-state index contributed by atoms with van der Waals surface area (Å²) in [7, 11) is -1.84. The van der Waals surface area contributed by atoms with Crippen LogP contribution in [0.4, 0.5) is 11.4 Å². The molecule has 31 heavy (non-hydrogen) atoms. The van der Waals surface area contributed by atoms with E-state index in [-0.39, 0.29) is 5.91 Å². The summed E-state index contributed by atoms with van der Waals surface area (Å²) < 4.78 is 30.5. The number of nitrogens with one attached hydrogen (secondary N) is 1. The molecular formula is C24H26N2O4S. The predicted molar refractivity (Wildman–Crippen MR) is 124 cm³/mol. The van der Waals surface area contributed by atoms with Crippen molar-refractivity contribution in [2.24, 2.45) is 0 Å². The summed E-state index contributed by atoms with van der Waals surface area (Å²) in [6.07, 6.45) is 3.05. The van der Waals surface area contributed by atoms with Crippen LogP contribution >= 0.6 is 0 Å². The molecule has 0 bridgehead atoms. The van der Waals surface area contributed by atoms with Gasteiger partial charge in [-0.1, -0.05) is 31.2 Å². The van der Waals surface area contributed by atoms with Gasteiger partial charge >= 0.3 is 0 Å². The molecule has 162 valence electrons. The number of carbonyl (C=O) groups is 1. The van der Waals surface area contributed by atoms with Crippen LogP contribution in [0, 0.1) is 0 Å². The van der Waals surface area contributed by atoms with Gasteiger partial charge in [-0.15, -0.1) is 0 Å². The Morgan fingerprint density at radius 3 is 2.39 bits per heavy atom. The Morgan fingerprint density at radius 1 is 1.06 bits per heavy atom. The first-order valence-electron chi connectivity index (χ1n) is 10.3. The van der Waals surface area contributed by atoms with Crippen molar-refractivity contribution in [2.45, 2.75) is 32.3 Å². The first-order valence-corrected chi connectivity index (χ1v) is 12.2. The van der Waals surface area contributed by atoms with Gasteiger partial charge in [0.25, 0.3) is 5.91 Å². The molecule has 0 saturated heterocycles. The number of carbonyl (C=O) groups excluding carboxylic acids is 1. The number of nitrogens with zero attached hydrogens (tertiary/aromatic N) is 1. The Morgan fingerprint density at radius 2 is 1.74 bits per heavy atom. The van der Waals surface area contributed by atoms with Crippen LogP contribution in [0.5, 0.6) is 5.75 Å². The molecule has 3 aromatic rings. The molecular weight excluding hydrogens is 412 g/mol. The zero-order valence-corrected chi connectivity index (χ0v) is 18.7. The molecule has 3 aromatic carbocycles. The number of amides is 1. The van der Waals surface area contributed by atoms with Crippen molar-refractivity contribution in [3.05, 3.63) is 65.7 Å². The average molecular weight is 439 g/mol. The highest BCUT2D eigenvalue weighted by atomic mass is 32.2. The Bertz CT molecular complexity index is 1230. The maximum Gasteiger partial charge on any atom is 0.265 e. The van der Waals surface area contributed by atoms with Crippen LogP contribution in [-0.2, 0) is 27.7 Å². The van der Waals surface area contributed by atoms with Crippen molar-refractivity contribution >= 4 is 38.1 Å². The standard InChI is InChI=1S/C24H26N2O4S/c1-4-22(30-19-13-11-18(12-14-19)26(2)31(3,28)29)24(27)25-21-15-10-17-9-8-16-6-5-7-20(21)23(16)17/h5-7,10-15,22H,4,8-9H2,1-3H3,(H,25,27)/t22-/m1/s1. The molecule has 0 spiro atoms. The summed E-state index contributed by atoms with van der Waals surface area (Å²) in [4.78, 5) is 13.0. The summed E-state index contributed by atoms with van der Waals surface area (Å²) in [5.74, 6) is 0.298. The minimum atomic E-state index is -3.34. The second-order valence-electron chi connectivity index (χ2n) is 7.84. The van der Waals surface area contributed by atoms with Crippen molar-refractivity contribution in [1.29, 1.82) is 0 Å². The molecule has 1 N–H and O–H groups in total. The van der Waals surface area contributed by atoms with E-state index in [1.54, 1.807) is 24.3 Å². The lowest BCUT2D eigenvalue weighted by molar-refractivity contribution is -0.122. The highest BCUT2D eigenvalue weighted by Crippen LogP contribution is 2.35. The van der Waals surface area contributed by atoms with Gasteiger partial charge in [0.1, 0.15) is 5.75 Å². The lowest BCUT2D eigenvalue weighted by Gasteiger charge is -2.20. The van der Waals surface area contributed by atoms with Gasteiger partial charge < -0.3 is 10.1 Å². The number of sulfonamides is 1. The first kappa shape index (κ1) is 21.2. The summed E-state index contributed by atoms with van der Waals surface area (Å²) in [5.41, 5.74) is 3.97. The third-order valence-corrected chi connectivity index (χ3v) is 6.98. The van der Waals surface area contributed by atoms with Crippen molar-refractivity contribution in [2.75, 3.05) is 22.9 Å². The molecule has 0 saturated carbocycles. The number of anilines is 2. The maximum atomic E-state index is 13.0. The van der Waals surface area contributed by atoms with Crippen LogP contribution in [0.25, 0.3) is 10.8 Å². The molecule has 0 heterocycles. The number of hydrogen-bond donors (Lipinski definition) is 1. The van der Waals surface area contributed by atoms with E-state index in [1.807, 2.05) is 25.1 Å². The van der Waals surface area contributed by atoms with Gasteiger partial charge in [-0.25, -0.2) is 8.42 Å².